The second-order valence-corrected chi connectivity index (χ2v) is 6.02. The van der Waals surface area contributed by atoms with Gasteiger partial charge in [0.25, 0.3) is 0 Å². The van der Waals surface area contributed by atoms with E-state index in [0.29, 0.717) is 11.8 Å². The molecule has 0 aliphatic heterocycles. The summed E-state index contributed by atoms with van der Waals surface area (Å²) < 4.78 is 0. The van der Waals surface area contributed by atoms with Crippen LogP contribution in [-0.4, -0.2) is 17.7 Å². The second kappa shape index (κ2) is 6.83. The highest BCUT2D eigenvalue weighted by Gasteiger charge is 2.16. The molecule has 1 aliphatic carbocycles. The number of benzene rings is 1. The van der Waals surface area contributed by atoms with Crippen LogP contribution in [0.4, 0.5) is 0 Å². The van der Waals surface area contributed by atoms with Gasteiger partial charge in [-0.2, -0.15) is 0 Å². The van der Waals surface area contributed by atoms with Crippen LogP contribution in [-0.2, 0) is 10.5 Å². The Balaban J connectivity index is 1.66. The van der Waals surface area contributed by atoms with Gasteiger partial charge in [-0.15, -0.1) is 11.8 Å². The Morgan fingerprint density at radius 3 is 2.89 bits per heavy atom. The van der Waals surface area contributed by atoms with Crippen LogP contribution in [0.3, 0.4) is 0 Å². The Morgan fingerprint density at radius 2 is 2.17 bits per heavy atom. The molecule has 18 heavy (non-hydrogen) atoms. The molecule has 98 valence electrons. The Labute approximate surface area is 114 Å². The van der Waals surface area contributed by atoms with E-state index in [1.807, 2.05) is 0 Å². The summed E-state index contributed by atoms with van der Waals surface area (Å²) in [6.45, 7) is 2.10. The fourth-order valence-electron chi connectivity index (χ4n) is 2.40. The van der Waals surface area contributed by atoms with Crippen molar-refractivity contribution < 1.29 is 4.79 Å². The van der Waals surface area contributed by atoms with Crippen LogP contribution in [0.25, 0.3) is 0 Å². The number of amides is 1. The van der Waals surface area contributed by atoms with Gasteiger partial charge in [0, 0.05) is 11.8 Å². The fraction of sp³-hybridized carbons (Fsp3) is 0.533. The lowest BCUT2D eigenvalue weighted by Crippen LogP contribution is -2.33. The van der Waals surface area contributed by atoms with E-state index in [1.165, 1.54) is 24.0 Å². The van der Waals surface area contributed by atoms with Gasteiger partial charge in [-0.1, -0.05) is 42.7 Å². The summed E-state index contributed by atoms with van der Waals surface area (Å²) in [5.74, 6) is 1.68. The van der Waals surface area contributed by atoms with Crippen molar-refractivity contribution in [2.24, 2.45) is 0 Å². The van der Waals surface area contributed by atoms with Gasteiger partial charge in [0.2, 0.25) is 5.91 Å². The molecular weight excluding hydrogens is 242 g/mol. The molecule has 0 aromatic heterocycles. The predicted molar refractivity (Wildman–Crippen MR) is 77.7 cm³/mol. The van der Waals surface area contributed by atoms with Crippen LogP contribution < -0.4 is 5.32 Å². The van der Waals surface area contributed by atoms with Gasteiger partial charge < -0.3 is 5.32 Å². The molecule has 3 heteroatoms. The first-order valence-corrected chi connectivity index (χ1v) is 7.82. The molecule has 1 fully saturated rings. The molecule has 1 aromatic carbocycles. The van der Waals surface area contributed by atoms with Crippen molar-refractivity contribution in [1.29, 1.82) is 0 Å². The third-order valence-corrected chi connectivity index (χ3v) is 4.31. The van der Waals surface area contributed by atoms with E-state index in [1.54, 1.807) is 11.8 Å². The van der Waals surface area contributed by atoms with Gasteiger partial charge in [0.05, 0.1) is 5.75 Å². The Kier molecular flexibility index (Phi) is 5.12. The molecule has 1 aromatic rings. The summed E-state index contributed by atoms with van der Waals surface area (Å²) >= 11 is 1.69. The van der Waals surface area contributed by atoms with E-state index in [-0.39, 0.29) is 5.91 Å². The number of rotatable bonds is 5. The summed E-state index contributed by atoms with van der Waals surface area (Å²) in [4.78, 5) is 11.7. The zero-order valence-electron chi connectivity index (χ0n) is 10.9. The van der Waals surface area contributed by atoms with Crippen LogP contribution in [0.5, 0.6) is 0 Å². The molecule has 1 aliphatic rings. The van der Waals surface area contributed by atoms with Gasteiger partial charge in [-0.05, 0) is 25.3 Å². The average Bonchev–Trinajstić information content (AvgIpc) is 2.82. The normalized spacial score (nSPS) is 15.8. The molecule has 0 bridgehead atoms. The first-order chi connectivity index (χ1) is 8.74. The van der Waals surface area contributed by atoms with E-state index in [4.69, 9.17) is 0 Å². The van der Waals surface area contributed by atoms with Gasteiger partial charge in [0.15, 0.2) is 0 Å². The molecule has 1 N–H and O–H groups in total. The van der Waals surface area contributed by atoms with Crippen molar-refractivity contribution in [1.82, 2.24) is 5.32 Å². The van der Waals surface area contributed by atoms with E-state index in [0.717, 1.165) is 18.6 Å². The number of carbonyl (C=O) groups excluding carboxylic acids is 1. The van der Waals surface area contributed by atoms with Crippen molar-refractivity contribution in [3.05, 3.63) is 35.4 Å². The van der Waals surface area contributed by atoms with Crippen molar-refractivity contribution in [3.63, 3.8) is 0 Å². The standard InChI is InChI=1S/C15H21NOS/c1-12-5-4-6-13(9-12)10-18-11-15(17)16-14-7-2-3-8-14/h4-6,9,14H,2-3,7-8,10-11H2,1H3,(H,16,17). The first-order valence-electron chi connectivity index (χ1n) is 6.67. The van der Waals surface area contributed by atoms with Gasteiger partial charge in [-0.25, -0.2) is 0 Å². The first kappa shape index (κ1) is 13.5. The van der Waals surface area contributed by atoms with Crippen LogP contribution in [0.2, 0.25) is 0 Å². The fourth-order valence-corrected chi connectivity index (χ4v) is 3.19. The SMILES string of the molecule is Cc1cccc(CSCC(=O)NC2CCCC2)c1. The number of carbonyl (C=O) groups is 1. The maximum atomic E-state index is 11.7. The highest BCUT2D eigenvalue weighted by Crippen LogP contribution is 2.18. The molecule has 0 heterocycles. The summed E-state index contributed by atoms with van der Waals surface area (Å²) in [5, 5.41) is 3.12. The maximum Gasteiger partial charge on any atom is 0.230 e. The molecule has 2 rings (SSSR count). The molecular formula is C15H21NOS. The highest BCUT2D eigenvalue weighted by atomic mass is 32.2. The van der Waals surface area contributed by atoms with Crippen molar-refractivity contribution in [2.45, 2.75) is 44.4 Å². The lowest BCUT2D eigenvalue weighted by atomic mass is 10.2. The number of hydrogen-bond acceptors (Lipinski definition) is 2. The molecule has 1 amide bonds. The molecule has 0 atom stereocenters. The Hall–Kier alpha value is -0.960. The van der Waals surface area contributed by atoms with Gasteiger partial charge in [-0.3, -0.25) is 4.79 Å². The molecule has 0 radical (unpaired) electrons. The number of nitrogens with one attached hydrogen (secondary N) is 1. The highest BCUT2D eigenvalue weighted by molar-refractivity contribution is 7.99. The van der Waals surface area contributed by atoms with E-state index in [9.17, 15) is 4.79 Å². The Morgan fingerprint density at radius 1 is 1.39 bits per heavy atom. The third kappa shape index (κ3) is 4.37. The minimum atomic E-state index is 0.194. The van der Waals surface area contributed by atoms with Crippen molar-refractivity contribution >= 4 is 17.7 Å². The summed E-state index contributed by atoms with van der Waals surface area (Å²) in [6.07, 6.45) is 4.85. The van der Waals surface area contributed by atoms with E-state index < -0.39 is 0 Å². The van der Waals surface area contributed by atoms with Gasteiger partial charge in [0.1, 0.15) is 0 Å². The number of aryl methyl sites for hydroxylation is 1. The van der Waals surface area contributed by atoms with E-state index in [2.05, 4.69) is 36.5 Å². The number of thioether (sulfide) groups is 1. The summed E-state index contributed by atoms with van der Waals surface area (Å²) in [6, 6.07) is 8.92. The smallest absolute Gasteiger partial charge is 0.230 e. The summed E-state index contributed by atoms with van der Waals surface area (Å²) in [5.41, 5.74) is 2.58. The average molecular weight is 263 g/mol. The second-order valence-electron chi connectivity index (χ2n) is 5.03. The minimum Gasteiger partial charge on any atom is -0.353 e. The quantitative estimate of drug-likeness (QED) is 0.883. The van der Waals surface area contributed by atoms with Crippen LogP contribution >= 0.6 is 11.8 Å². The van der Waals surface area contributed by atoms with Gasteiger partial charge >= 0.3 is 0 Å². The molecule has 1 saturated carbocycles. The van der Waals surface area contributed by atoms with Crippen LogP contribution in [0.1, 0.15) is 36.8 Å². The predicted octanol–water partition coefficient (Wildman–Crippen LogP) is 3.29. The topological polar surface area (TPSA) is 29.1 Å². The minimum absolute atomic E-state index is 0.194. The van der Waals surface area contributed by atoms with Crippen molar-refractivity contribution in [2.75, 3.05) is 5.75 Å². The lowest BCUT2D eigenvalue weighted by molar-refractivity contribution is -0.119. The van der Waals surface area contributed by atoms with Crippen molar-refractivity contribution in [3.8, 4) is 0 Å². The lowest BCUT2D eigenvalue weighted by Gasteiger charge is -2.11. The maximum absolute atomic E-state index is 11.7. The molecule has 0 saturated heterocycles. The van der Waals surface area contributed by atoms with Crippen LogP contribution in [0.15, 0.2) is 24.3 Å². The molecule has 0 unspecified atom stereocenters. The zero-order valence-corrected chi connectivity index (χ0v) is 11.8. The largest absolute Gasteiger partial charge is 0.353 e. The zero-order chi connectivity index (χ0) is 12.8. The van der Waals surface area contributed by atoms with E-state index >= 15 is 0 Å². The van der Waals surface area contributed by atoms with Crippen LogP contribution in [0, 0.1) is 6.92 Å². The third-order valence-electron chi connectivity index (χ3n) is 3.30. The molecule has 2 nitrogen and oxygen atoms in total. The summed E-state index contributed by atoms with van der Waals surface area (Å²) in [7, 11) is 0. The monoisotopic (exact) mass is 263 g/mol. The Bertz CT molecular complexity index is 399. The molecule has 0 spiro atoms. The number of hydrogen-bond donors (Lipinski definition) is 1.